The van der Waals surface area contributed by atoms with E-state index < -0.39 is 0 Å². The van der Waals surface area contributed by atoms with Gasteiger partial charge < -0.3 is 0 Å². The predicted molar refractivity (Wildman–Crippen MR) is 102 cm³/mol. The molecule has 6 heteroatoms. The Balaban J connectivity index is 1.70. The fourth-order valence-electron chi connectivity index (χ4n) is 4.31. The topological polar surface area (TPSA) is 46.8 Å². The molecule has 0 aliphatic carbocycles. The maximum Gasteiger partial charge on any atom is 0.155 e. The summed E-state index contributed by atoms with van der Waals surface area (Å²) in [4.78, 5) is 12.2. The molecule has 2 aromatic heterocycles. The Hall–Kier alpha value is -1.40. The van der Waals surface area contributed by atoms with Gasteiger partial charge in [-0.25, -0.2) is 9.97 Å². The Bertz CT molecular complexity index is 684. The molecule has 4 heterocycles. The zero-order valence-corrected chi connectivity index (χ0v) is 15.8. The highest BCUT2D eigenvalue weighted by molar-refractivity contribution is 7.98. The number of aromatic nitrogens is 4. The smallest absolute Gasteiger partial charge is 0.155 e. The van der Waals surface area contributed by atoms with E-state index in [9.17, 15) is 0 Å². The van der Waals surface area contributed by atoms with Crippen LogP contribution in [0, 0.1) is 0 Å². The summed E-state index contributed by atoms with van der Waals surface area (Å²) in [5.41, 5.74) is 0. The summed E-state index contributed by atoms with van der Waals surface area (Å²) in [6, 6.07) is 6.65. The van der Waals surface area contributed by atoms with Gasteiger partial charge in [-0.15, -0.1) is 5.10 Å². The van der Waals surface area contributed by atoms with Crippen molar-refractivity contribution in [3.8, 4) is 5.82 Å². The van der Waals surface area contributed by atoms with Crippen LogP contribution in [0.1, 0.15) is 49.7 Å². The Morgan fingerprint density at radius 1 is 1.16 bits per heavy atom. The van der Waals surface area contributed by atoms with Crippen LogP contribution in [0.4, 0.5) is 0 Å². The number of thioether (sulfide) groups is 1. The minimum absolute atomic E-state index is 0.478. The highest BCUT2D eigenvalue weighted by Crippen LogP contribution is 2.37. The van der Waals surface area contributed by atoms with E-state index in [4.69, 9.17) is 10.1 Å². The molecule has 25 heavy (non-hydrogen) atoms. The molecule has 2 aliphatic heterocycles. The monoisotopic (exact) mass is 357 g/mol. The van der Waals surface area contributed by atoms with E-state index in [-0.39, 0.29) is 0 Å². The molecule has 2 atom stereocenters. The lowest BCUT2D eigenvalue weighted by Crippen LogP contribution is -2.47. The third-order valence-corrected chi connectivity index (χ3v) is 6.11. The van der Waals surface area contributed by atoms with Crippen molar-refractivity contribution in [1.29, 1.82) is 0 Å². The minimum atomic E-state index is 0.478. The van der Waals surface area contributed by atoms with Gasteiger partial charge in [0, 0.05) is 30.3 Å². The van der Waals surface area contributed by atoms with Gasteiger partial charge in [0.15, 0.2) is 11.6 Å². The SMILES string of the molecule is CSCCc1nc([C@@H]2CCCN3CCCC[C@H]23)n(-c2ccccn2)n1. The van der Waals surface area contributed by atoms with E-state index in [1.165, 1.54) is 45.2 Å². The number of hydrogen-bond acceptors (Lipinski definition) is 5. The number of fused-ring (bicyclic) bond motifs is 1. The second-order valence-corrected chi connectivity index (χ2v) is 8.06. The molecule has 2 aromatic rings. The highest BCUT2D eigenvalue weighted by Gasteiger charge is 2.37. The van der Waals surface area contributed by atoms with E-state index >= 15 is 0 Å². The summed E-state index contributed by atoms with van der Waals surface area (Å²) >= 11 is 1.85. The van der Waals surface area contributed by atoms with Gasteiger partial charge >= 0.3 is 0 Å². The lowest BCUT2D eigenvalue weighted by Gasteiger charge is -2.43. The summed E-state index contributed by atoms with van der Waals surface area (Å²) in [5.74, 6) is 4.53. The number of rotatable bonds is 5. The van der Waals surface area contributed by atoms with Gasteiger partial charge in [0.05, 0.1) is 0 Å². The molecule has 0 amide bonds. The minimum Gasteiger partial charge on any atom is -0.300 e. The first-order valence-corrected chi connectivity index (χ1v) is 10.9. The van der Waals surface area contributed by atoms with E-state index in [2.05, 4.69) is 16.1 Å². The molecule has 0 spiro atoms. The van der Waals surface area contributed by atoms with Crippen molar-refractivity contribution in [3.63, 3.8) is 0 Å². The standard InChI is InChI=1S/C19H27N5S/c1-25-14-10-17-21-19(24(22-17)18-9-2-4-11-20-18)15-7-6-13-23-12-5-3-8-16(15)23/h2,4,9,11,15-16H,3,5-8,10,12-14H2,1H3/t15-,16-/m1/s1. The molecule has 2 fully saturated rings. The first-order chi connectivity index (χ1) is 12.4. The molecule has 0 unspecified atom stereocenters. The van der Waals surface area contributed by atoms with Crippen molar-refractivity contribution in [2.75, 3.05) is 25.1 Å². The van der Waals surface area contributed by atoms with Gasteiger partial charge in [-0.3, -0.25) is 4.90 Å². The molecule has 2 aliphatic rings. The number of pyridine rings is 1. The van der Waals surface area contributed by atoms with Crippen LogP contribution in [0.2, 0.25) is 0 Å². The van der Waals surface area contributed by atoms with Crippen LogP contribution < -0.4 is 0 Å². The lowest BCUT2D eigenvalue weighted by atomic mass is 9.83. The second-order valence-electron chi connectivity index (χ2n) is 7.08. The van der Waals surface area contributed by atoms with Gasteiger partial charge in [0.25, 0.3) is 0 Å². The normalized spacial score (nSPS) is 24.2. The molecule has 2 saturated heterocycles. The molecular formula is C19H27N5S. The number of nitrogens with zero attached hydrogens (tertiary/aromatic N) is 5. The molecule has 0 radical (unpaired) electrons. The Labute approximate surface area is 154 Å². The summed E-state index contributed by atoms with van der Waals surface area (Å²) in [6.45, 7) is 2.50. The van der Waals surface area contributed by atoms with Crippen LogP contribution in [-0.2, 0) is 6.42 Å². The third kappa shape index (κ3) is 3.60. The fourth-order valence-corrected chi connectivity index (χ4v) is 4.70. The van der Waals surface area contributed by atoms with Crippen LogP contribution in [0.3, 0.4) is 0 Å². The number of aryl methyl sites for hydroxylation is 1. The molecule has 0 bridgehead atoms. The second kappa shape index (κ2) is 7.87. The maximum absolute atomic E-state index is 5.01. The van der Waals surface area contributed by atoms with Gasteiger partial charge in [0.1, 0.15) is 5.82 Å². The van der Waals surface area contributed by atoms with Crippen LogP contribution >= 0.6 is 11.8 Å². The zero-order chi connectivity index (χ0) is 17.1. The van der Waals surface area contributed by atoms with Crippen LogP contribution in [0.25, 0.3) is 5.82 Å². The average Bonchev–Trinajstić information content (AvgIpc) is 3.10. The van der Waals surface area contributed by atoms with Gasteiger partial charge in [-0.05, 0) is 57.2 Å². The van der Waals surface area contributed by atoms with Gasteiger partial charge in [0.2, 0.25) is 0 Å². The zero-order valence-electron chi connectivity index (χ0n) is 15.0. The van der Waals surface area contributed by atoms with Crippen molar-refractivity contribution in [3.05, 3.63) is 36.0 Å². The summed E-state index contributed by atoms with van der Waals surface area (Å²) in [5, 5.41) is 4.84. The van der Waals surface area contributed by atoms with Crippen molar-refractivity contribution >= 4 is 11.8 Å². The molecule has 0 N–H and O–H groups in total. The largest absolute Gasteiger partial charge is 0.300 e. The van der Waals surface area contributed by atoms with Crippen molar-refractivity contribution < 1.29 is 0 Å². The Morgan fingerprint density at radius 3 is 2.92 bits per heavy atom. The predicted octanol–water partition coefficient (Wildman–Crippen LogP) is 3.30. The quantitative estimate of drug-likeness (QED) is 0.822. The van der Waals surface area contributed by atoms with E-state index in [0.717, 1.165) is 29.6 Å². The highest BCUT2D eigenvalue weighted by atomic mass is 32.2. The van der Waals surface area contributed by atoms with Gasteiger partial charge in [-0.1, -0.05) is 12.5 Å². The van der Waals surface area contributed by atoms with Crippen molar-refractivity contribution in [2.24, 2.45) is 0 Å². The Kier molecular flexibility index (Phi) is 5.36. The maximum atomic E-state index is 5.01. The van der Waals surface area contributed by atoms with Gasteiger partial charge in [-0.2, -0.15) is 16.4 Å². The van der Waals surface area contributed by atoms with Crippen molar-refractivity contribution in [1.82, 2.24) is 24.6 Å². The molecule has 5 nitrogen and oxygen atoms in total. The van der Waals surface area contributed by atoms with Crippen LogP contribution in [-0.4, -0.2) is 55.8 Å². The summed E-state index contributed by atoms with van der Waals surface area (Å²) < 4.78 is 2.03. The first kappa shape index (κ1) is 17.0. The van der Waals surface area contributed by atoms with Crippen molar-refractivity contribution in [2.45, 2.75) is 50.5 Å². The van der Waals surface area contributed by atoms with E-state index in [0.29, 0.717) is 12.0 Å². The molecule has 0 saturated carbocycles. The number of piperidine rings is 2. The van der Waals surface area contributed by atoms with E-state index in [1.54, 1.807) is 0 Å². The molecule has 134 valence electrons. The van der Waals surface area contributed by atoms with Crippen LogP contribution in [0.5, 0.6) is 0 Å². The lowest BCUT2D eigenvalue weighted by molar-refractivity contribution is 0.0858. The number of hydrogen-bond donors (Lipinski definition) is 0. The fraction of sp³-hybridized carbons (Fsp3) is 0.632. The molecular weight excluding hydrogens is 330 g/mol. The summed E-state index contributed by atoms with van der Waals surface area (Å²) in [6.07, 6.45) is 11.4. The van der Waals surface area contributed by atoms with E-state index in [1.807, 2.05) is 40.8 Å². The molecule has 0 aromatic carbocycles. The summed E-state index contributed by atoms with van der Waals surface area (Å²) in [7, 11) is 0. The first-order valence-electron chi connectivity index (χ1n) is 9.47. The third-order valence-electron chi connectivity index (χ3n) is 5.49. The van der Waals surface area contributed by atoms with Crippen LogP contribution in [0.15, 0.2) is 24.4 Å². The Morgan fingerprint density at radius 2 is 2.08 bits per heavy atom. The molecule has 4 rings (SSSR count). The average molecular weight is 358 g/mol.